The Morgan fingerprint density at radius 1 is 1.10 bits per heavy atom. The van der Waals surface area contributed by atoms with Crippen LogP contribution in [0.25, 0.3) is 11.5 Å². The van der Waals surface area contributed by atoms with E-state index in [1.165, 1.54) is 6.26 Å². The van der Waals surface area contributed by atoms with Crippen molar-refractivity contribution in [2.75, 3.05) is 5.32 Å². The summed E-state index contributed by atoms with van der Waals surface area (Å²) in [5, 5.41) is 2.80. The minimum atomic E-state index is -0.529. The lowest BCUT2D eigenvalue weighted by Crippen LogP contribution is -2.27. The minimum absolute atomic E-state index is 0.00717. The number of benzene rings is 2. The maximum Gasteiger partial charge on any atom is 0.338 e. The van der Waals surface area contributed by atoms with Crippen molar-refractivity contribution >= 4 is 17.6 Å². The van der Waals surface area contributed by atoms with Crippen LogP contribution in [0.2, 0.25) is 0 Å². The third kappa shape index (κ3) is 5.31. The Bertz CT molecular complexity index is 1010. The van der Waals surface area contributed by atoms with Gasteiger partial charge in [-0.25, -0.2) is 9.78 Å². The highest BCUT2D eigenvalue weighted by atomic mass is 16.5. The molecular weight excluding hydrogens is 368 g/mol. The van der Waals surface area contributed by atoms with Crippen LogP contribution in [0.5, 0.6) is 0 Å². The first-order chi connectivity index (χ1) is 13.7. The van der Waals surface area contributed by atoms with E-state index in [-0.39, 0.29) is 12.5 Å². The Balaban J connectivity index is 1.62. The number of carbonyl (C=O) groups is 2. The summed E-state index contributed by atoms with van der Waals surface area (Å²) in [6.07, 6.45) is 1.47. The number of anilines is 1. The quantitative estimate of drug-likeness (QED) is 0.619. The van der Waals surface area contributed by atoms with Gasteiger partial charge in [0.1, 0.15) is 18.6 Å². The summed E-state index contributed by atoms with van der Waals surface area (Å²) in [6, 6.07) is 14.5. The molecule has 0 saturated carbocycles. The minimum Gasteiger partial charge on any atom is -0.455 e. The molecule has 0 saturated heterocycles. The maximum absolute atomic E-state index is 12.4. The van der Waals surface area contributed by atoms with Crippen molar-refractivity contribution in [3.05, 3.63) is 71.6 Å². The van der Waals surface area contributed by atoms with E-state index in [9.17, 15) is 9.59 Å². The monoisotopic (exact) mass is 392 g/mol. The van der Waals surface area contributed by atoms with Gasteiger partial charge in [-0.15, -0.1) is 0 Å². The fourth-order valence-corrected chi connectivity index (χ4v) is 2.47. The Kier molecular flexibility index (Phi) is 5.82. The number of carbonyl (C=O) groups excluding carboxylic acids is 2. The first-order valence-electron chi connectivity index (χ1n) is 9.32. The molecule has 0 radical (unpaired) electrons. The normalized spacial score (nSPS) is 11.2. The second kappa shape index (κ2) is 8.31. The molecule has 2 aromatic carbocycles. The predicted molar refractivity (Wildman–Crippen MR) is 110 cm³/mol. The number of esters is 1. The van der Waals surface area contributed by atoms with E-state index in [0.29, 0.717) is 22.8 Å². The zero-order valence-electron chi connectivity index (χ0n) is 17.0. The molecular formula is C23H24N2O4. The zero-order valence-corrected chi connectivity index (χ0v) is 17.0. The van der Waals surface area contributed by atoms with Gasteiger partial charge in [-0.3, -0.25) is 4.79 Å². The lowest BCUT2D eigenvalue weighted by Gasteiger charge is -2.17. The molecule has 0 aliphatic heterocycles. The molecule has 0 unspecified atom stereocenters. The topological polar surface area (TPSA) is 81.4 Å². The Morgan fingerprint density at radius 3 is 2.52 bits per heavy atom. The molecule has 0 fully saturated rings. The van der Waals surface area contributed by atoms with Crippen LogP contribution in [0, 0.1) is 12.3 Å². The van der Waals surface area contributed by atoms with E-state index < -0.39 is 11.4 Å². The summed E-state index contributed by atoms with van der Waals surface area (Å²) in [4.78, 5) is 28.9. The third-order valence-corrected chi connectivity index (χ3v) is 4.24. The number of nitrogens with zero attached hydrogens (tertiary/aromatic N) is 1. The maximum atomic E-state index is 12.4. The average Bonchev–Trinajstić information content (AvgIpc) is 3.15. The molecule has 3 aromatic rings. The van der Waals surface area contributed by atoms with E-state index in [0.717, 1.165) is 11.1 Å². The van der Waals surface area contributed by atoms with E-state index in [4.69, 9.17) is 9.15 Å². The van der Waals surface area contributed by atoms with Crippen LogP contribution in [0.3, 0.4) is 0 Å². The second-order valence-electron chi connectivity index (χ2n) is 7.87. The van der Waals surface area contributed by atoms with Crippen LogP contribution in [0.15, 0.2) is 59.2 Å². The lowest BCUT2D eigenvalue weighted by atomic mass is 9.95. The fraction of sp³-hybridized carbons (Fsp3) is 0.261. The smallest absolute Gasteiger partial charge is 0.338 e. The van der Waals surface area contributed by atoms with Crippen molar-refractivity contribution in [2.45, 2.75) is 34.3 Å². The molecule has 0 bridgehead atoms. The summed E-state index contributed by atoms with van der Waals surface area (Å²) in [5.74, 6) is -0.158. The van der Waals surface area contributed by atoms with Crippen LogP contribution >= 0.6 is 0 Å². The van der Waals surface area contributed by atoms with E-state index in [1.807, 2.05) is 52.0 Å². The molecule has 0 aliphatic carbocycles. The van der Waals surface area contributed by atoms with Crippen LogP contribution in [0.1, 0.15) is 42.4 Å². The average molecular weight is 392 g/mol. The third-order valence-electron chi connectivity index (χ3n) is 4.24. The number of rotatable bonds is 5. The van der Waals surface area contributed by atoms with Gasteiger partial charge >= 0.3 is 5.97 Å². The number of hydrogen-bond acceptors (Lipinski definition) is 5. The van der Waals surface area contributed by atoms with Gasteiger partial charge in [0.2, 0.25) is 11.8 Å². The summed E-state index contributed by atoms with van der Waals surface area (Å²) in [7, 11) is 0. The van der Waals surface area contributed by atoms with Crippen molar-refractivity contribution in [2.24, 2.45) is 5.41 Å². The molecule has 150 valence electrons. The van der Waals surface area contributed by atoms with Crippen LogP contribution in [-0.4, -0.2) is 16.9 Å². The summed E-state index contributed by atoms with van der Waals surface area (Å²) in [5.41, 5.74) is 2.89. The summed E-state index contributed by atoms with van der Waals surface area (Å²) < 4.78 is 10.8. The van der Waals surface area contributed by atoms with Crippen LogP contribution < -0.4 is 5.32 Å². The van der Waals surface area contributed by atoms with Gasteiger partial charge in [0.25, 0.3) is 0 Å². The van der Waals surface area contributed by atoms with E-state index in [2.05, 4.69) is 10.3 Å². The van der Waals surface area contributed by atoms with Gasteiger partial charge in [0.15, 0.2) is 0 Å². The van der Waals surface area contributed by atoms with Crippen molar-refractivity contribution in [3.63, 3.8) is 0 Å². The molecule has 0 spiro atoms. The lowest BCUT2D eigenvalue weighted by molar-refractivity contribution is -0.123. The number of amides is 1. The molecule has 29 heavy (non-hydrogen) atoms. The summed E-state index contributed by atoms with van der Waals surface area (Å²) >= 11 is 0. The van der Waals surface area contributed by atoms with E-state index in [1.54, 1.807) is 24.3 Å². The van der Waals surface area contributed by atoms with Gasteiger partial charge in [-0.1, -0.05) is 44.5 Å². The first kappa shape index (κ1) is 20.3. The van der Waals surface area contributed by atoms with Gasteiger partial charge in [-0.2, -0.15) is 0 Å². The number of ether oxygens (including phenoxy) is 1. The van der Waals surface area contributed by atoms with Crippen molar-refractivity contribution in [1.82, 2.24) is 4.98 Å². The van der Waals surface area contributed by atoms with Crippen molar-refractivity contribution in [1.29, 1.82) is 0 Å². The van der Waals surface area contributed by atoms with Gasteiger partial charge in [-0.05, 0) is 37.3 Å². The number of aryl methyl sites for hydroxylation is 1. The Morgan fingerprint density at radius 2 is 1.83 bits per heavy atom. The first-order valence-corrected chi connectivity index (χ1v) is 9.32. The molecule has 6 heteroatoms. The molecule has 1 N–H and O–H groups in total. The molecule has 0 atom stereocenters. The number of hydrogen-bond donors (Lipinski definition) is 1. The van der Waals surface area contributed by atoms with Gasteiger partial charge in [0.05, 0.1) is 5.56 Å². The van der Waals surface area contributed by atoms with Crippen molar-refractivity contribution < 1.29 is 18.7 Å². The Hall–Kier alpha value is -3.41. The largest absolute Gasteiger partial charge is 0.455 e. The molecule has 1 heterocycles. The van der Waals surface area contributed by atoms with Crippen LogP contribution in [-0.2, 0) is 16.1 Å². The molecule has 0 aliphatic rings. The number of oxazole rings is 1. The molecule has 1 amide bonds. The molecule has 1 aromatic heterocycles. The molecule has 3 rings (SSSR count). The SMILES string of the molecule is Cc1ccc(-c2nc(COC(=O)c3cccc(NC(=O)C(C)(C)C)c3)co2)cc1. The number of nitrogens with one attached hydrogen (secondary N) is 1. The number of aromatic nitrogens is 1. The predicted octanol–water partition coefficient (Wildman–Crippen LogP) is 4.99. The van der Waals surface area contributed by atoms with Gasteiger partial charge in [0, 0.05) is 16.7 Å². The standard InChI is InChI=1S/C23H24N2O4/c1-15-8-10-16(11-9-15)20-24-19(13-28-20)14-29-21(26)17-6-5-7-18(12-17)25-22(27)23(2,3)4/h5-13H,14H2,1-4H3,(H,25,27). The van der Waals surface area contributed by atoms with Gasteiger partial charge < -0.3 is 14.5 Å². The highest BCUT2D eigenvalue weighted by Crippen LogP contribution is 2.21. The van der Waals surface area contributed by atoms with E-state index >= 15 is 0 Å². The van der Waals surface area contributed by atoms with Crippen molar-refractivity contribution in [3.8, 4) is 11.5 Å². The Labute approximate surface area is 169 Å². The highest BCUT2D eigenvalue weighted by molar-refractivity contribution is 5.96. The van der Waals surface area contributed by atoms with Crippen LogP contribution in [0.4, 0.5) is 5.69 Å². The summed E-state index contributed by atoms with van der Waals surface area (Å²) in [6.45, 7) is 7.47. The molecule has 6 nitrogen and oxygen atoms in total. The zero-order chi connectivity index (χ0) is 21.0. The second-order valence-corrected chi connectivity index (χ2v) is 7.87. The fourth-order valence-electron chi connectivity index (χ4n) is 2.47. The highest BCUT2D eigenvalue weighted by Gasteiger charge is 2.21.